The molecular weight excluding hydrogens is 515 g/mol. The van der Waals surface area contributed by atoms with Crippen molar-refractivity contribution in [3.63, 3.8) is 0 Å². The molecule has 0 aliphatic heterocycles. The fourth-order valence-corrected chi connectivity index (χ4v) is 7.42. The van der Waals surface area contributed by atoms with E-state index in [1.165, 1.54) is 94.6 Å². The van der Waals surface area contributed by atoms with Gasteiger partial charge in [0.1, 0.15) is 5.82 Å². The first-order valence-electron chi connectivity index (χ1n) is 17.0. The predicted molar refractivity (Wildman–Crippen MR) is 179 cm³/mol. The molecule has 3 saturated carbocycles. The number of rotatable bonds is 8. The fraction of sp³-hybridized carbons (Fsp3) is 0.590. The monoisotopic (exact) mass is 570 g/mol. The van der Waals surface area contributed by atoms with Crippen LogP contribution in [0.3, 0.4) is 0 Å². The highest BCUT2D eigenvalue weighted by atomic mass is 19.1. The van der Waals surface area contributed by atoms with Crippen molar-refractivity contribution in [2.24, 2.45) is 39.8 Å². The van der Waals surface area contributed by atoms with Gasteiger partial charge >= 0.3 is 0 Å². The van der Waals surface area contributed by atoms with E-state index in [-0.39, 0.29) is 5.82 Å². The van der Waals surface area contributed by atoms with E-state index in [2.05, 4.69) is 67.0 Å². The van der Waals surface area contributed by atoms with Crippen LogP contribution in [0.1, 0.15) is 125 Å². The Morgan fingerprint density at radius 2 is 1.40 bits per heavy atom. The summed E-state index contributed by atoms with van der Waals surface area (Å²) in [6.45, 7) is 10.4. The Labute approximate surface area is 256 Å². The van der Waals surface area contributed by atoms with Gasteiger partial charge in [0.05, 0.1) is 6.21 Å². The highest BCUT2D eigenvalue weighted by Gasteiger charge is 2.30. The van der Waals surface area contributed by atoms with Gasteiger partial charge in [0.15, 0.2) is 0 Å². The molecule has 3 aliphatic carbocycles. The summed E-state index contributed by atoms with van der Waals surface area (Å²) >= 11 is 0. The molecule has 0 saturated heterocycles. The van der Waals surface area contributed by atoms with Crippen molar-refractivity contribution in [2.75, 3.05) is 0 Å². The number of nitrogens with zero attached hydrogens (tertiary/aromatic N) is 2. The van der Waals surface area contributed by atoms with Crippen molar-refractivity contribution < 1.29 is 4.39 Å². The molecule has 3 aliphatic rings. The smallest absolute Gasteiger partial charge is 0.126 e. The molecule has 0 radical (unpaired) electrons. The summed E-state index contributed by atoms with van der Waals surface area (Å²) in [5.41, 5.74) is 4.67. The first-order valence-corrected chi connectivity index (χ1v) is 17.0. The van der Waals surface area contributed by atoms with Crippen LogP contribution in [-0.2, 0) is 6.42 Å². The number of allylic oxidation sites excluding steroid dienone is 1. The molecule has 0 spiro atoms. The van der Waals surface area contributed by atoms with Crippen LogP contribution in [0.15, 0.2) is 65.3 Å². The van der Waals surface area contributed by atoms with Gasteiger partial charge in [0.25, 0.3) is 0 Å². The highest BCUT2D eigenvalue weighted by molar-refractivity contribution is 5.79. The third kappa shape index (κ3) is 10.0. The first kappa shape index (κ1) is 32.4. The molecule has 2 aromatic carbocycles. The van der Waals surface area contributed by atoms with Crippen LogP contribution >= 0.6 is 0 Å². The van der Waals surface area contributed by atoms with Gasteiger partial charge in [0, 0.05) is 6.21 Å². The number of hydrogen-bond donors (Lipinski definition) is 0. The van der Waals surface area contributed by atoms with Crippen molar-refractivity contribution in [3.8, 4) is 0 Å². The van der Waals surface area contributed by atoms with Crippen LogP contribution in [0.2, 0.25) is 0 Å². The third-order valence-electron chi connectivity index (χ3n) is 10.4. The summed E-state index contributed by atoms with van der Waals surface area (Å²) in [7, 11) is 0. The quantitative estimate of drug-likeness (QED) is 0.171. The zero-order valence-corrected chi connectivity index (χ0v) is 26.6. The van der Waals surface area contributed by atoms with Crippen LogP contribution in [0.25, 0.3) is 0 Å². The summed E-state index contributed by atoms with van der Waals surface area (Å²) in [6.07, 6.45) is 24.4. The van der Waals surface area contributed by atoms with Gasteiger partial charge in [-0.2, -0.15) is 10.2 Å². The van der Waals surface area contributed by atoms with E-state index in [1.807, 2.05) is 25.4 Å². The molecule has 0 bridgehead atoms. The molecule has 2 aromatic rings. The average molecular weight is 571 g/mol. The minimum atomic E-state index is -0.0728. The zero-order chi connectivity index (χ0) is 29.7. The van der Waals surface area contributed by atoms with Gasteiger partial charge in [0.2, 0.25) is 0 Å². The van der Waals surface area contributed by atoms with Crippen molar-refractivity contribution in [3.05, 3.63) is 83.2 Å². The SMILES string of the molecule is C=CC1CCC(C2CCC(c3ccc(F)c(C)c3)CC2)CC1.CCCc1ccc(/C=N\N=C/C2CCC(C)CC2)cc1. The number of halogens is 1. The van der Waals surface area contributed by atoms with Crippen molar-refractivity contribution >= 4 is 12.4 Å². The summed E-state index contributed by atoms with van der Waals surface area (Å²) < 4.78 is 13.4. The molecule has 228 valence electrons. The lowest BCUT2D eigenvalue weighted by atomic mass is 9.68. The molecule has 2 nitrogen and oxygen atoms in total. The lowest BCUT2D eigenvalue weighted by Crippen LogP contribution is -2.25. The maximum Gasteiger partial charge on any atom is 0.126 e. The van der Waals surface area contributed by atoms with E-state index >= 15 is 0 Å². The van der Waals surface area contributed by atoms with Gasteiger partial charge in [-0.05, 0) is 141 Å². The second kappa shape index (κ2) is 16.9. The van der Waals surface area contributed by atoms with Crippen molar-refractivity contribution in [1.29, 1.82) is 0 Å². The molecule has 0 atom stereocenters. The molecule has 0 heterocycles. The van der Waals surface area contributed by atoms with Crippen LogP contribution in [0.5, 0.6) is 0 Å². The van der Waals surface area contributed by atoms with Gasteiger partial charge in [-0.15, -0.1) is 6.58 Å². The van der Waals surface area contributed by atoms with E-state index < -0.39 is 0 Å². The van der Waals surface area contributed by atoms with Gasteiger partial charge in [-0.25, -0.2) is 4.39 Å². The van der Waals surface area contributed by atoms with Crippen molar-refractivity contribution in [1.82, 2.24) is 0 Å². The predicted octanol–water partition coefficient (Wildman–Crippen LogP) is 11.3. The first-order chi connectivity index (χ1) is 20.4. The Morgan fingerprint density at radius 3 is 2.00 bits per heavy atom. The zero-order valence-electron chi connectivity index (χ0n) is 26.6. The molecule has 0 amide bonds. The van der Waals surface area contributed by atoms with E-state index in [1.54, 1.807) is 6.07 Å². The van der Waals surface area contributed by atoms with Gasteiger partial charge in [-0.3, -0.25) is 0 Å². The standard InChI is InChI=1S/C21H29F.C18H26N2/c1-3-16-4-6-17(7-5-16)18-8-10-19(11-9-18)20-12-13-21(22)15(2)14-20;1-3-4-16-9-11-18(12-10-16)14-20-19-13-17-7-5-15(2)6-8-17/h3,12-14,16-19H,1,4-11H2,2H3;9-15,17H,3-8H2,1-2H3/b;19-13-,20-14-. The molecule has 3 heteroatoms. The van der Waals surface area contributed by atoms with Crippen molar-refractivity contribution in [2.45, 2.75) is 117 Å². The Bertz CT molecular complexity index is 1130. The second-order valence-corrected chi connectivity index (χ2v) is 13.6. The molecule has 0 unspecified atom stereocenters. The lowest BCUT2D eigenvalue weighted by molar-refractivity contribution is 0.171. The summed E-state index contributed by atoms with van der Waals surface area (Å²) in [4.78, 5) is 0. The number of aryl methyl sites for hydroxylation is 2. The second-order valence-electron chi connectivity index (χ2n) is 13.6. The maximum absolute atomic E-state index is 13.4. The van der Waals surface area contributed by atoms with Crippen LogP contribution in [-0.4, -0.2) is 12.4 Å². The van der Waals surface area contributed by atoms with Crippen LogP contribution < -0.4 is 0 Å². The Hall–Kier alpha value is -2.55. The fourth-order valence-electron chi connectivity index (χ4n) is 7.42. The van der Waals surface area contributed by atoms with Crippen LogP contribution in [0.4, 0.5) is 4.39 Å². The normalized spacial score (nSPS) is 28.4. The molecule has 5 rings (SSSR count). The topological polar surface area (TPSA) is 24.7 Å². The lowest BCUT2D eigenvalue weighted by Gasteiger charge is -2.37. The van der Waals surface area contributed by atoms with E-state index in [0.29, 0.717) is 11.8 Å². The summed E-state index contributed by atoms with van der Waals surface area (Å²) in [5.74, 6) is 4.77. The Kier molecular flexibility index (Phi) is 13.0. The number of hydrogen-bond acceptors (Lipinski definition) is 2. The molecule has 0 N–H and O–H groups in total. The summed E-state index contributed by atoms with van der Waals surface area (Å²) in [6, 6.07) is 14.3. The largest absolute Gasteiger partial charge is 0.207 e. The van der Waals surface area contributed by atoms with E-state index in [0.717, 1.165) is 41.2 Å². The minimum Gasteiger partial charge on any atom is -0.207 e. The maximum atomic E-state index is 13.4. The van der Waals surface area contributed by atoms with E-state index in [9.17, 15) is 4.39 Å². The Balaban J connectivity index is 0.000000194. The summed E-state index contributed by atoms with van der Waals surface area (Å²) in [5, 5.41) is 8.39. The molecular formula is C39H55FN2. The minimum absolute atomic E-state index is 0.0728. The highest BCUT2D eigenvalue weighted by Crippen LogP contribution is 2.44. The Morgan fingerprint density at radius 1 is 0.786 bits per heavy atom. The molecule has 3 fully saturated rings. The van der Waals surface area contributed by atoms with Gasteiger partial charge < -0.3 is 0 Å². The number of benzene rings is 2. The van der Waals surface area contributed by atoms with Crippen LogP contribution in [0, 0.1) is 42.3 Å². The molecule has 0 aromatic heterocycles. The molecule has 42 heavy (non-hydrogen) atoms. The van der Waals surface area contributed by atoms with E-state index in [4.69, 9.17) is 0 Å². The van der Waals surface area contributed by atoms with Gasteiger partial charge in [-0.1, -0.05) is 75.6 Å². The average Bonchev–Trinajstić information content (AvgIpc) is 3.03. The third-order valence-corrected chi connectivity index (χ3v) is 10.4.